The van der Waals surface area contributed by atoms with Gasteiger partial charge >= 0.3 is 0 Å². The van der Waals surface area contributed by atoms with Gasteiger partial charge in [0.1, 0.15) is 0 Å². The van der Waals surface area contributed by atoms with Gasteiger partial charge in [0.15, 0.2) is 0 Å². The van der Waals surface area contributed by atoms with Crippen molar-refractivity contribution in [2.24, 2.45) is 0 Å². The van der Waals surface area contributed by atoms with Crippen molar-refractivity contribution in [1.82, 2.24) is 34.9 Å². The van der Waals surface area contributed by atoms with E-state index >= 15 is 0 Å². The van der Waals surface area contributed by atoms with E-state index in [9.17, 15) is 0 Å². The van der Waals surface area contributed by atoms with E-state index < -0.39 is 0 Å². The first-order chi connectivity index (χ1) is 52.9. The Morgan fingerprint density at radius 2 is 0.667 bits per heavy atom. The van der Waals surface area contributed by atoms with Crippen molar-refractivity contribution in [3.63, 3.8) is 0 Å². The predicted molar refractivity (Wildman–Crippen MR) is 455 cm³/mol. The maximum absolute atomic E-state index is 4.44. The average Bonchev–Trinajstić information content (AvgIpc) is 0.800. The minimum absolute atomic E-state index is 1.03. The molecule has 530 valence electrons. The van der Waals surface area contributed by atoms with E-state index in [0.29, 0.717) is 0 Å². The number of rotatable bonds is 8. The van der Waals surface area contributed by atoms with Crippen molar-refractivity contribution in [2.45, 2.75) is 55.4 Å². The standard InChI is InChI=1S/C17H14.7C12H11N/c1-13-10-11-17-15(12-13)8-5-9-16(17)14-6-3-2-4-7-14;1-10-4-2-5-11(8-10)12-6-3-7-13-9-12;1-10-4-6-11(7-5-10)12-3-2-8-13-9-12;1-10-5-2-3-7-12(10)11-6-4-8-13-9-11;1-10-6-5-9-13-12(10)11-7-3-2-4-8-11;1-10-6-5-9-12(13-10)11-7-3-2-4-8-11;1-10-7-8-13-12(9-10)11-5-3-2-4-6-11;1-10-7-8-12(13-9-10)11-5-3-2-4-6-11/h2-12H,1H3;7*2-9H,1H3. The molecule has 108 heavy (non-hydrogen) atoms. The van der Waals surface area contributed by atoms with Crippen LogP contribution in [0.3, 0.4) is 0 Å². The summed E-state index contributed by atoms with van der Waals surface area (Å²) >= 11 is 0. The van der Waals surface area contributed by atoms with E-state index in [2.05, 4.69) is 301 Å². The molecule has 0 N–H and O–H groups in total. The number of aromatic nitrogens is 7. The van der Waals surface area contributed by atoms with Crippen LogP contribution < -0.4 is 0 Å². The van der Waals surface area contributed by atoms with Crippen LogP contribution in [0.25, 0.3) is 100 Å². The van der Waals surface area contributed by atoms with Crippen LogP contribution in [0.1, 0.15) is 44.6 Å². The van der Waals surface area contributed by atoms with Crippen LogP contribution in [-0.4, -0.2) is 34.9 Å². The number of hydrogen-bond donors (Lipinski definition) is 0. The molecular formula is C101H91N7. The predicted octanol–water partition coefficient (Wildman–Crippen LogP) is 26.2. The van der Waals surface area contributed by atoms with E-state index in [0.717, 1.165) is 28.5 Å². The molecule has 10 aromatic carbocycles. The fourth-order valence-electron chi connectivity index (χ4n) is 11.6. The SMILES string of the molecule is Cc1ccc(-c2ccccc2)nc1.Cc1ccc(-c2cccnc2)cc1.Cc1ccc2c(-c3ccccc3)cccc2c1.Cc1cccc(-c2ccccc2)n1.Cc1cccc(-c2cccnc2)c1.Cc1ccccc1-c1cccnc1.Cc1cccnc1-c1ccccc1.Cc1ccnc(-c2ccccc2)c1. The molecule has 0 aliphatic carbocycles. The summed E-state index contributed by atoms with van der Waals surface area (Å²) in [5.74, 6) is 0. The van der Waals surface area contributed by atoms with Gasteiger partial charge in [-0.05, 0) is 182 Å². The van der Waals surface area contributed by atoms with Crippen LogP contribution in [0.5, 0.6) is 0 Å². The Morgan fingerprint density at radius 3 is 1.22 bits per heavy atom. The van der Waals surface area contributed by atoms with E-state index in [1.165, 1.54) is 116 Å². The second-order valence-corrected chi connectivity index (χ2v) is 25.9. The highest BCUT2D eigenvalue weighted by atomic mass is 14.7. The summed E-state index contributed by atoms with van der Waals surface area (Å²) in [5.41, 5.74) is 28.6. The summed E-state index contributed by atoms with van der Waals surface area (Å²) in [4.78, 5) is 29.7. The fourth-order valence-corrected chi connectivity index (χ4v) is 11.6. The molecule has 0 atom stereocenters. The zero-order chi connectivity index (χ0) is 75.3. The number of benzene rings is 10. The van der Waals surface area contributed by atoms with Crippen molar-refractivity contribution >= 4 is 10.8 Å². The first-order valence-electron chi connectivity index (χ1n) is 36.3. The molecule has 17 rings (SSSR count). The summed E-state index contributed by atoms with van der Waals surface area (Å²) in [6.07, 6.45) is 16.6. The van der Waals surface area contributed by atoms with Crippen LogP contribution in [0.4, 0.5) is 0 Å². The van der Waals surface area contributed by atoms with Gasteiger partial charge in [0, 0.05) is 89.3 Å². The number of fused-ring (bicyclic) bond motifs is 1. The van der Waals surface area contributed by atoms with Crippen molar-refractivity contribution in [3.8, 4) is 89.5 Å². The molecule has 0 aliphatic heterocycles. The lowest BCUT2D eigenvalue weighted by atomic mass is 9.97. The first-order valence-corrected chi connectivity index (χ1v) is 36.3. The van der Waals surface area contributed by atoms with E-state index in [1.54, 1.807) is 18.6 Å². The summed E-state index contributed by atoms with van der Waals surface area (Å²) in [6.45, 7) is 16.6. The lowest BCUT2D eigenvalue weighted by molar-refractivity contribution is 1.21. The highest BCUT2D eigenvalue weighted by Gasteiger charge is 2.06. The number of nitrogens with zero attached hydrogens (tertiary/aromatic N) is 7. The summed E-state index contributed by atoms with van der Waals surface area (Å²) < 4.78 is 0. The monoisotopic (exact) mass is 1400 g/mol. The van der Waals surface area contributed by atoms with Gasteiger partial charge in [-0.15, -0.1) is 0 Å². The molecule has 0 saturated heterocycles. The molecule has 7 heterocycles. The Morgan fingerprint density at radius 1 is 0.204 bits per heavy atom. The molecule has 0 radical (unpaired) electrons. The maximum Gasteiger partial charge on any atom is 0.0731 e. The maximum atomic E-state index is 4.44. The summed E-state index contributed by atoms with van der Waals surface area (Å²) in [6, 6.07) is 120. The molecule has 7 aromatic heterocycles. The minimum atomic E-state index is 1.03. The van der Waals surface area contributed by atoms with Crippen molar-refractivity contribution in [3.05, 3.63) is 452 Å². The topological polar surface area (TPSA) is 90.2 Å². The first kappa shape index (κ1) is 77.1. The quantitative estimate of drug-likeness (QED) is 0.150. The molecule has 0 spiro atoms. The molecule has 0 bridgehead atoms. The molecule has 17 aromatic rings. The fraction of sp³-hybridized carbons (Fsp3) is 0.0792. The van der Waals surface area contributed by atoms with Gasteiger partial charge in [0.05, 0.1) is 22.8 Å². The van der Waals surface area contributed by atoms with Crippen molar-refractivity contribution in [2.75, 3.05) is 0 Å². The van der Waals surface area contributed by atoms with Gasteiger partial charge < -0.3 is 0 Å². The van der Waals surface area contributed by atoms with Gasteiger partial charge in [-0.3, -0.25) is 34.9 Å². The van der Waals surface area contributed by atoms with Crippen LogP contribution in [0, 0.1) is 55.4 Å². The van der Waals surface area contributed by atoms with E-state index in [4.69, 9.17) is 0 Å². The number of hydrogen-bond acceptors (Lipinski definition) is 7. The largest absolute Gasteiger partial charge is 0.264 e. The lowest BCUT2D eigenvalue weighted by Crippen LogP contribution is -1.85. The average molecular weight is 1400 g/mol. The van der Waals surface area contributed by atoms with Crippen LogP contribution in [-0.2, 0) is 0 Å². The van der Waals surface area contributed by atoms with Crippen molar-refractivity contribution < 1.29 is 0 Å². The van der Waals surface area contributed by atoms with Gasteiger partial charge in [-0.1, -0.05) is 314 Å². The second kappa shape index (κ2) is 41.7. The van der Waals surface area contributed by atoms with Crippen LogP contribution in [0.2, 0.25) is 0 Å². The summed E-state index contributed by atoms with van der Waals surface area (Å²) in [5, 5.41) is 2.63. The third-order valence-electron chi connectivity index (χ3n) is 17.3. The molecule has 0 aliphatic rings. The number of pyridine rings is 7. The van der Waals surface area contributed by atoms with E-state index in [1.807, 2.05) is 178 Å². The molecular weight excluding hydrogens is 1310 g/mol. The van der Waals surface area contributed by atoms with Gasteiger partial charge in [-0.2, -0.15) is 0 Å². The third kappa shape index (κ3) is 24.6. The minimum Gasteiger partial charge on any atom is -0.264 e. The lowest BCUT2D eigenvalue weighted by Gasteiger charge is -2.07. The zero-order valence-electron chi connectivity index (χ0n) is 62.8. The van der Waals surface area contributed by atoms with Gasteiger partial charge in [-0.25, -0.2) is 0 Å². The van der Waals surface area contributed by atoms with E-state index in [-0.39, 0.29) is 0 Å². The second-order valence-electron chi connectivity index (χ2n) is 25.9. The normalized spacial score (nSPS) is 10.0. The Labute approximate surface area is 638 Å². The van der Waals surface area contributed by atoms with Gasteiger partial charge in [0.2, 0.25) is 0 Å². The van der Waals surface area contributed by atoms with Gasteiger partial charge in [0.25, 0.3) is 0 Å². The summed E-state index contributed by atoms with van der Waals surface area (Å²) in [7, 11) is 0. The third-order valence-corrected chi connectivity index (χ3v) is 17.3. The molecule has 0 amide bonds. The zero-order valence-corrected chi connectivity index (χ0v) is 62.8. The molecule has 0 fully saturated rings. The smallest absolute Gasteiger partial charge is 0.0731 e. The molecule has 0 saturated carbocycles. The molecule has 0 unspecified atom stereocenters. The Hall–Kier alpha value is -13.5. The van der Waals surface area contributed by atoms with Crippen molar-refractivity contribution in [1.29, 1.82) is 0 Å². The number of aryl methyl sites for hydroxylation is 8. The van der Waals surface area contributed by atoms with Crippen LogP contribution in [0.15, 0.2) is 408 Å². The highest BCUT2D eigenvalue weighted by molar-refractivity contribution is 5.97. The Bertz CT molecular complexity index is 5070. The van der Waals surface area contributed by atoms with Crippen LogP contribution >= 0.6 is 0 Å². The Balaban J connectivity index is 0.000000132. The highest BCUT2D eigenvalue weighted by Crippen LogP contribution is 2.30. The Kier molecular flexibility index (Phi) is 29.8. The molecule has 7 heteroatoms. The molecule has 7 nitrogen and oxygen atoms in total.